The number of primary amides is 2. The molecule has 7 rings (SSSR count). The van der Waals surface area contributed by atoms with Gasteiger partial charge in [0.05, 0.1) is 17.8 Å². The maximum atomic E-state index is 14.2. The number of hydrogen-bond acceptors (Lipinski definition) is 11. The fraction of sp³-hybridized carbons (Fsp3) is 0.533. The van der Waals surface area contributed by atoms with Gasteiger partial charge in [-0.3, -0.25) is 19.2 Å². The van der Waals surface area contributed by atoms with E-state index in [2.05, 4.69) is 15.5 Å². The fourth-order valence-electron chi connectivity index (χ4n) is 10.8. The van der Waals surface area contributed by atoms with Gasteiger partial charge in [0.15, 0.2) is 5.13 Å². The molecular formula is C45H60N10O8S. The Balaban J connectivity index is 1.34. The molecule has 0 bridgehead atoms. The summed E-state index contributed by atoms with van der Waals surface area (Å²) in [5.41, 5.74) is 27.3. The van der Waals surface area contributed by atoms with Crippen molar-refractivity contribution in [3.63, 3.8) is 0 Å². The molecule has 4 heterocycles. The third-order valence-corrected chi connectivity index (χ3v) is 15.0. The molecule has 6 amide bonds. The number of aromatic nitrogens is 1. The topological polar surface area (TPSA) is 294 Å². The van der Waals surface area contributed by atoms with Crippen molar-refractivity contribution in [2.75, 3.05) is 29.5 Å². The number of aryl methyl sites for hydroxylation is 2. The average molecular weight is 901 g/mol. The van der Waals surface area contributed by atoms with E-state index in [9.17, 15) is 39.0 Å². The molecule has 3 fully saturated rings. The highest BCUT2D eigenvalue weighted by Gasteiger charge is 2.55. The second-order valence-corrected chi connectivity index (χ2v) is 19.2. The van der Waals surface area contributed by atoms with Crippen LogP contribution in [0.1, 0.15) is 124 Å². The Labute approximate surface area is 376 Å². The first-order valence-corrected chi connectivity index (χ1v) is 22.9. The van der Waals surface area contributed by atoms with E-state index in [4.69, 9.17) is 27.9 Å². The average Bonchev–Trinajstić information content (AvgIpc) is 4.06. The first-order valence-electron chi connectivity index (χ1n) is 22.1. The molecule has 344 valence electrons. The summed E-state index contributed by atoms with van der Waals surface area (Å²) in [5, 5.41) is 24.6. The number of benzene rings is 2. The number of amides is 6. The van der Waals surface area contributed by atoms with E-state index in [0.29, 0.717) is 47.9 Å². The number of nitrogen functional groups attached to an aromatic ring is 2. The summed E-state index contributed by atoms with van der Waals surface area (Å²) >= 11 is 1.61. The van der Waals surface area contributed by atoms with E-state index >= 15 is 0 Å². The van der Waals surface area contributed by atoms with E-state index in [1.54, 1.807) is 63.3 Å². The quantitative estimate of drug-likeness (QED) is 0.110. The van der Waals surface area contributed by atoms with Crippen molar-refractivity contribution in [3.8, 4) is 0 Å². The fourth-order valence-corrected chi connectivity index (χ4v) is 12.1. The molecule has 0 radical (unpaired) electrons. The maximum Gasteiger partial charge on any atom is 0.405 e. The van der Waals surface area contributed by atoms with E-state index in [1.165, 1.54) is 14.7 Å². The Bertz CT molecular complexity index is 2200. The summed E-state index contributed by atoms with van der Waals surface area (Å²) < 4.78 is 0. The van der Waals surface area contributed by atoms with Gasteiger partial charge in [0.25, 0.3) is 0 Å². The highest BCUT2D eigenvalue weighted by atomic mass is 32.1. The molecule has 12 N–H and O–H groups in total. The lowest BCUT2D eigenvalue weighted by Crippen LogP contribution is -2.59. The lowest BCUT2D eigenvalue weighted by molar-refractivity contribution is -0.146. The van der Waals surface area contributed by atoms with Gasteiger partial charge >= 0.3 is 12.2 Å². The summed E-state index contributed by atoms with van der Waals surface area (Å²) in [7, 11) is 0. The summed E-state index contributed by atoms with van der Waals surface area (Å²) in [6.45, 7) is 7.21. The second kappa shape index (κ2) is 17.8. The van der Waals surface area contributed by atoms with E-state index in [1.807, 2.05) is 12.1 Å². The zero-order chi connectivity index (χ0) is 46.4. The Morgan fingerprint density at radius 3 is 1.53 bits per heavy atom. The molecule has 3 aliphatic heterocycles. The van der Waals surface area contributed by atoms with Crippen LogP contribution in [0.15, 0.2) is 36.4 Å². The van der Waals surface area contributed by atoms with Gasteiger partial charge in [-0.05, 0) is 87.2 Å². The van der Waals surface area contributed by atoms with Crippen LogP contribution in [-0.4, -0.2) is 86.0 Å². The third kappa shape index (κ3) is 7.70. The van der Waals surface area contributed by atoms with E-state index < -0.39 is 82.9 Å². The molecule has 1 aromatic heterocycles. The van der Waals surface area contributed by atoms with Crippen LogP contribution in [0.25, 0.3) is 0 Å². The molecule has 0 saturated carbocycles. The molecule has 64 heavy (non-hydrogen) atoms. The van der Waals surface area contributed by atoms with Gasteiger partial charge in [0.1, 0.15) is 23.2 Å². The van der Waals surface area contributed by atoms with Gasteiger partial charge < -0.3 is 58.5 Å². The van der Waals surface area contributed by atoms with Crippen LogP contribution >= 0.6 is 11.3 Å². The van der Waals surface area contributed by atoms with Crippen molar-refractivity contribution in [3.05, 3.63) is 69.2 Å². The lowest BCUT2D eigenvalue weighted by atomic mass is 9.82. The SMILES string of the molecule is CC(C)[C@H](NC(=O)O)C(=O)N1CCC[C@@]1(C(N)=O)c1cccc([C@H]2CC[C@H](c3cccc([C@]4(C(N)=O)CCCN4C(=O)[C@@H](NC(=O)O)C(C)C)c3N)N2c2nc3c(s2)CCCC3)c1N. The van der Waals surface area contributed by atoms with Gasteiger partial charge in [-0.25, -0.2) is 14.6 Å². The number of likely N-dealkylation sites (tertiary alicyclic amines) is 2. The zero-order valence-electron chi connectivity index (χ0n) is 36.8. The van der Waals surface area contributed by atoms with Gasteiger partial charge in [-0.15, -0.1) is 11.3 Å². The summed E-state index contributed by atoms with van der Waals surface area (Å²) in [6.07, 6.45) is 3.39. The Morgan fingerprint density at radius 1 is 0.703 bits per heavy atom. The maximum absolute atomic E-state index is 14.2. The standard InChI is InChI=1S/C45H60N10O8S/c1-23(2)35(51-42(60)61)37(56)53-21-9-19-44(53,39(48)58)27-13-7-11-25(33(27)46)30-17-18-31(55(30)41-50-29-15-5-6-16-32(29)64-41)26-12-8-14-28(34(26)47)45(40(49)59)20-10-22-54(45)38(57)36(24(3)4)52-43(62)63/h7-8,11-14,23-24,30-31,35-36,51-52H,5-6,9-10,15-22,46-47H2,1-4H3,(H2,48,58)(H2,49,59)(H,60,61)(H,62,63)/t30-,31-,35+,36+,44+,45+/m1/s1. The number of hydrogen-bond donors (Lipinski definition) is 8. The highest BCUT2D eigenvalue weighted by molar-refractivity contribution is 7.15. The zero-order valence-corrected chi connectivity index (χ0v) is 37.6. The largest absolute Gasteiger partial charge is 0.465 e. The second-order valence-electron chi connectivity index (χ2n) is 18.2. The summed E-state index contributed by atoms with van der Waals surface area (Å²) in [4.78, 5) is 91.1. The Kier molecular flexibility index (Phi) is 12.8. The van der Waals surface area contributed by atoms with Crippen LogP contribution < -0.4 is 38.5 Å². The van der Waals surface area contributed by atoms with Gasteiger partial charge in [-0.1, -0.05) is 64.1 Å². The highest BCUT2D eigenvalue weighted by Crippen LogP contribution is 2.54. The molecular weight excluding hydrogens is 841 g/mol. The third-order valence-electron chi connectivity index (χ3n) is 13.9. The monoisotopic (exact) mass is 900 g/mol. The minimum atomic E-state index is -1.66. The molecule has 4 aliphatic rings. The normalized spacial score (nSPS) is 24.1. The van der Waals surface area contributed by atoms with Crippen molar-refractivity contribution in [1.29, 1.82) is 0 Å². The number of thiazole rings is 1. The van der Waals surface area contributed by atoms with Crippen LogP contribution in [0.3, 0.4) is 0 Å². The molecule has 3 aromatic rings. The van der Waals surface area contributed by atoms with Crippen molar-refractivity contribution in [2.45, 2.75) is 127 Å². The molecule has 0 unspecified atom stereocenters. The minimum Gasteiger partial charge on any atom is -0.465 e. The molecule has 6 atom stereocenters. The number of rotatable bonds is 13. The molecule has 3 saturated heterocycles. The number of carbonyl (C=O) groups is 6. The van der Waals surface area contributed by atoms with Gasteiger partial charge in [0.2, 0.25) is 23.6 Å². The molecule has 18 nitrogen and oxygen atoms in total. The van der Waals surface area contributed by atoms with Crippen LogP contribution in [0.5, 0.6) is 0 Å². The van der Waals surface area contributed by atoms with E-state index in [0.717, 1.165) is 36.5 Å². The molecule has 1 aliphatic carbocycles. The van der Waals surface area contributed by atoms with Crippen LogP contribution in [-0.2, 0) is 43.1 Å². The Morgan fingerprint density at radius 2 is 1.14 bits per heavy atom. The van der Waals surface area contributed by atoms with Crippen molar-refractivity contribution in [2.24, 2.45) is 23.3 Å². The molecule has 2 aromatic carbocycles. The number of nitrogens with one attached hydrogen (secondary N) is 2. The van der Waals surface area contributed by atoms with Crippen molar-refractivity contribution in [1.82, 2.24) is 25.4 Å². The van der Waals surface area contributed by atoms with E-state index in [-0.39, 0.29) is 37.3 Å². The van der Waals surface area contributed by atoms with Crippen molar-refractivity contribution >= 4 is 63.7 Å². The number of nitrogens with zero attached hydrogens (tertiary/aromatic N) is 4. The molecule has 19 heteroatoms. The van der Waals surface area contributed by atoms with Crippen LogP contribution in [0.4, 0.5) is 26.1 Å². The van der Waals surface area contributed by atoms with Gasteiger partial charge in [0, 0.05) is 40.5 Å². The van der Waals surface area contributed by atoms with Crippen LogP contribution in [0, 0.1) is 11.8 Å². The predicted molar refractivity (Wildman–Crippen MR) is 241 cm³/mol. The first-order chi connectivity index (χ1) is 30.4. The number of anilines is 3. The number of carbonyl (C=O) groups excluding carboxylic acids is 4. The molecule has 0 spiro atoms. The minimum absolute atomic E-state index is 0.165. The first kappa shape index (κ1) is 45.9. The summed E-state index contributed by atoms with van der Waals surface area (Å²) in [6, 6.07) is 7.68. The number of carboxylic acid groups (broad SMARTS) is 2. The summed E-state index contributed by atoms with van der Waals surface area (Å²) in [5.74, 6) is -3.56. The Hall–Kier alpha value is -6.11. The van der Waals surface area contributed by atoms with Crippen LogP contribution in [0.2, 0.25) is 0 Å². The number of para-hydroxylation sites is 2. The predicted octanol–water partition coefficient (Wildman–Crippen LogP) is 4.46. The number of fused-ring (bicyclic) bond motifs is 1. The number of nitrogens with two attached hydrogens (primary N) is 4. The lowest BCUT2D eigenvalue weighted by Gasteiger charge is -2.40. The van der Waals surface area contributed by atoms with Gasteiger partial charge in [-0.2, -0.15) is 0 Å². The smallest absolute Gasteiger partial charge is 0.405 e. The van der Waals surface area contributed by atoms with Crippen molar-refractivity contribution < 1.29 is 39.0 Å².